The van der Waals surface area contributed by atoms with Crippen molar-refractivity contribution in [2.75, 3.05) is 31.2 Å². The van der Waals surface area contributed by atoms with E-state index in [0.717, 1.165) is 6.26 Å². The Morgan fingerprint density at radius 2 is 1.88 bits per heavy atom. The predicted octanol–water partition coefficient (Wildman–Crippen LogP) is 2.86. The molecule has 2 aromatic carbocycles. The number of hydrogen-bond acceptors (Lipinski definition) is 4. The molecule has 0 aliphatic rings. The number of nitrogens with one attached hydrogen (secondary N) is 1. The summed E-state index contributed by atoms with van der Waals surface area (Å²) in [7, 11) is -1.74. The van der Waals surface area contributed by atoms with Crippen LogP contribution < -0.4 is 9.46 Å². The molecule has 0 unspecified atom stereocenters. The molecule has 6 nitrogen and oxygen atoms in total. The lowest BCUT2D eigenvalue weighted by Gasteiger charge is -2.18. The van der Waals surface area contributed by atoms with Crippen molar-refractivity contribution in [1.29, 1.82) is 0 Å². The lowest BCUT2D eigenvalue weighted by atomic mass is 10.2. The molecule has 2 aromatic rings. The van der Waals surface area contributed by atoms with Gasteiger partial charge in [-0.2, -0.15) is 0 Å². The molecule has 0 heterocycles. The van der Waals surface area contributed by atoms with Gasteiger partial charge in [0.15, 0.2) is 0 Å². The lowest BCUT2D eigenvalue weighted by Crippen LogP contribution is -2.30. The molecule has 0 saturated carbocycles. The van der Waals surface area contributed by atoms with E-state index in [2.05, 4.69) is 4.72 Å². The first kappa shape index (κ1) is 19.1. The van der Waals surface area contributed by atoms with Gasteiger partial charge in [-0.3, -0.25) is 9.52 Å². The van der Waals surface area contributed by atoms with Crippen LogP contribution >= 0.6 is 11.6 Å². The Morgan fingerprint density at radius 1 is 1.20 bits per heavy atom. The van der Waals surface area contributed by atoms with Crippen molar-refractivity contribution in [2.45, 2.75) is 0 Å². The molecule has 8 heteroatoms. The molecule has 134 valence electrons. The monoisotopic (exact) mass is 382 g/mol. The van der Waals surface area contributed by atoms with E-state index in [0.29, 0.717) is 35.2 Å². The lowest BCUT2D eigenvalue weighted by molar-refractivity contribution is 0.0774. The van der Waals surface area contributed by atoms with Crippen LogP contribution in [0, 0.1) is 0 Å². The van der Waals surface area contributed by atoms with Gasteiger partial charge in [-0.1, -0.05) is 17.7 Å². The Bertz CT molecular complexity index is 838. The molecule has 0 bridgehead atoms. The number of carbonyl (C=O) groups excluding carboxylic acids is 1. The molecule has 1 N–H and O–H groups in total. The number of ether oxygens (including phenoxy) is 1. The second kappa shape index (κ2) is 8.22. The van der Waals surface area contributed by atoms with E-state index in [1.54, 1.807) is 49.5 Å². The highest BCUT2D eigenvalue weighted by atomic mass is 35.5. The first-order chi connectivity index (χ1) is 11.7. The Kier molecular flexibility index (Phi) is 6.27. The van der Waals surface area contributed by atoms with Crippen molar-refractivity contribution in [3.8, 4) is 5.75 Å². The Balaban J connectivity index is 1.93. The molecular weight excluding hydrogens is 364 g/mol. The molecule has 0 radical (unpaired) electrons. The number of rotatable bonds is 7. The number of halogens is 1. The van der Waals surface area contributed by atoms with Gasteiger partial charge in [-0.15, -0.1) is 0 Å². The summed E-state index contributed by atoms with van der Waals surface area (Å²) in [6.07, 6.45) is 1.06. The highest BCUT2D eigenvalue weighted by Gasteiger charge is 2.13. The molecule has 0 aliphatic heterocycles. The number of hydrogen-bond donors (Lipinski definition) is 1. The molecule has 0 saturated heterocycles. The molecule has 2 rings (SSSR count). The first-order valence-corrected chi connectivity index (χ1v) is 9.73. The summed E-state index contributed by atoms with van der Waals surface area (Å²) in [5.74, 6) is 0.446. The number of likely N-dealkylation sites (N-methyl/N-ethyl adjacent to an activating group) is 1. The van der Waals surface area contributed by atoms with Gasteiger partial charge in [0.2, 0.25) is 10.0 Å². The molecule has 1 amide bonds. The van der Waals surface area contributed by atoms with Crippen molar-refractivity contribution in [2.24, 2.45) is 0 Å². The van der Waals surface area contributed by atoms with E-state index >= 15 is 0 Å². The maximum Gasteiger partial charge on any atom is 0.253 e. The van der Waals surface area contributed by atoms with Crippen molar-refractivity contribution < 1.29 is 17.9 Å². The summed E-state index contributed by atoms with van der Waals surface area (Å²) >= 11 is 5.81. The van der Waals surface area contributed by atoms with E-state index in [-0.39, 0.29) is 5.91 Å². The highest BCUT2D eigenvalue weighted by Crippen LogP contribution is 2.16. The van der Waals surface area contributed by atoms with Crippen molar-refractivity contribution in [3.05, 3.63) is 59.1 Å². The molecule has 0 fully saturated rings. The number of carbonyl (C=O) groups is 1. The van der Waals surface area contributed by atoms with Crippen LogP contribution in [0.2, 0.25) is 5.02 Å². The van der Waals surface area contributed by atoms with Crippen molar-refractivity contribution in [1.82, 2.24) is 4.90 Å². The van der Waals surface area contributed by atoms with E-state index in [1.807, 2.05) is 0 Å². The molecule has 0 atom stereocenters. The Hall–Kier alpha value is -2.25. The van der Waals surface area contributed by atoms with Crippen LogP contribution in [0.4, 0.5) is 5.69 Å². The quantitative estimate of drug-likeness (QED) is 0.798. The van der Waals surface area contributed by atoms with Crippen LogP contribution in [-0.2, 0) is 10.0 Å². The van der Waals surface area contributed by atoms with Crippen LogP contribution in [0.15, 0.2) is 48.5 Å². The van der Waals surface area contributed by atoms with Crippen LogP contribution in [0.3, 0.4) is 0 Å². The third-order valence-electron chi connectivity index (χ3n) is 3.27. The van der Waals surface area contributed by atoms with Gasteiger partial charge < -0.3 is 9.64 Å². The smallest absolute Gasteiger partial charge is 0.253 e. The van der Waals surface area contributed by atoms with Crippen molar-refractivity contribution in [3.63, 3.8) is 0 Å². The average molecular weight is 383 g/mol. The largest absolute Gasteiger partial charge is 0.492 e. The second-order valence-corrected chi connectivity index (χ2v) is 7.67. The van der Waals surface area contributed by atoms with Crippen LogP contribution in [0.5, 0.6) is 5.75 Å². The van der Waals surface area contributed by atoms with Gasteiger partial charge in [-0.05, 0) is 42.5 Å². The second-order valence-electron chi connectivity index (χ2n) is 5.48. The standard InChI is InChI=1S/C17H19ClN2O4S/c1-20(10-11-24-16-8-6-14(18)7-9-16)17(21)13-4-3-5-15(12-13)19-25(2,22)23/h3-9,12,19H,10-11H2,1-2H3. The summed E-state index contributed by atoms with van der Waals surface area (Å²) in [5, 5.41) is 0.627. The summed E-state index contributed by atoms with van der Waals surface area (Å²) in [5.41, 5.74) is 0.738. The number of amides is 1. The average Bonchev–Trinajstić information content (AvgIpc) is 2.54. The van der Waals surface area contributed by atoms with E-state index in [9.17, 15) is 13.2 Å². The van der Waals surface area contributed by atoms with Crippen LogP contribution in [0.25, 0.3) is 0 Å². The summed E-state index contributed by atoms with van der Waals surface area (Å²) < 4.78 is 30.5. The third-order valence-corrected chi connectivity index (χ3v) is 4.13. The van der Waals surface area contributed by atoms with E-state index in [1.165, 1.54) is 11.0 Å². The Labute approximate surface area is 152 Å². The predicted molar refractivity (Wildman–Crippen MR) is 98.8 cm³/mol. The zero-order valence-electron chi connectivity index (χ0n) is 13.9. The molecule has 0 spiro atoms. The zero-order valence-corrected chi connectivity index (χ0v) is 15.5. The van der Waals surface area contributed by atoms with Gasteiger partial charge in [0.1, 0.15) is 12.4 Å². The fourth-order valence-electron chi connectivity index (χ4n) is 2.08. The van der Waals surface area contributed by atoms with Gasteiger partial charge in [0, 0.05) is 23.3 Å². The number of benzene rings is 2. The fourth-order valence-corrected chi connectivity index (χ4v) is 2.76. The van der Waals surface area contributed by atoms with Gasteiger partial charge in [-0.25, -0.2) is 8.42 Å². The van der Waals surface area contributed by atoms with E-state index in [4.69, 9.17) is 16.3 Å². The molecular formula is C17H19ClN2O4S. The van der Waals surface area contributed by atoms with Crippen LogP contribution in [-0.4, -0.2) is 45.7 Å². The van der Waals surface area contributed by atoms with E-state index < -0.39 is 10.0 Å². The highest BCUT2D eigenvalue weighted by molar-refractivity contribution is 7.92. The number of nitrogens with zero attached hydrogens (tertiary/aromatic N) is 1. The summed E-state index contributed by atoms with van der Waals surface area (Å²) in [6.45, 7) is 0.705. The SMILES string of the molecule is CN(CCOc1ccc(Cl)cc1)C(=O)c1cccc(NS(C)(=O)=O)c1. The van der Waals surface area contributed by atoms with Gasteiger partial charge in [0.25, 0.3) is 5.91 Å². The van der Waals surface area contributed by atoms with Gasteiger partial charge in [0.05, 0.1) is 12.8 Å². The molecule has 25 heavy (non-hydrogen) atoms. The normalized spacial score (nSPS) is 11.0. The zero-order chi connectivity index (χ0) is 18.4. The van der Waals surface area contributed by atoms with Crippen molar-refractivity contribution >= 4 is 33.2 Å². The summed E-state index contributed by atoms with van der Waals surface area (Å²) in [6, 6.07) is 13.3. The van der Waals surface area contributed by atoms with Crippen LogP contribution in [0.1, 0.15) is 10.4 Å². The minimum absolute atomic E-state index is 0.225. The molecule has 0 aliphatic carbocycles. The summed E-state index contributed by atoms with van der Waals surface area (Å²) in [4.78, 5) is 13.9. The minimum atomic E-state index is -3.39. The Morgan fingerprint density at radius 3 is 2.52 bits per heavy atom. The third kappa shape index (κ3) is 6.28. The maximum absolute atomic E-state index is 12.4. The number of anilines is 1. The van der Waals surface area contributed by atoms with Gasteiger partial charge >= 0.3 is 0 Å². The molecule has 0 aromatic heterocycles. The minimum Gasteiger partial charge on any atom is -0.492 e. The maximum atomic E-state index is 12.4. The number of sulfonamides is 1. The fraction of sp³-hybridized carbons (Fsp3) is 0.235. The first-order valence-electron chi connectivity index (χ1n) is 7.46. The topological polar surface area (TPSA) is 75.7 Å².